The Hall–Kier alpha value is -2.82. The van der Waals surface area contributed by atoms with Crippen molar-refractivity contribution in [2.24, 2.45) is 5.92 Å². The van der Waals surface area contributed by atoms with Gasteiger partial charge in [-0.2, -0.15) is 0 Å². The number of methoxy groups -OCH3 is 1. The number of amides is 2. The smallest absolute Gasteiger partial charge is 0.253 e. The van der Waals surface area contributed by atoms with Gasteiger partial charge in [-0.25, -0.2) is 0 Å². The number of carbonyl (C=O) groups is 2. The van der Waals surface area contributed by atoms with Crippen LogP contribution in [0.3, 0.4) is 0 Å². The van der Waals surface area contributed by atoms with E-state index in [-0.39, 0.29) is 29.7 Å². The molecule has 0 saturated carbocycles. The highest BCUT2D eigenvalue weighted by Gasteiger charge is 2.42. The van der Waals surface area contributed by atoms with Crippen molar-refractivity contribution in [3.8, 4) is 5.75 Å². The predicted octanol–water partition coefficient (Wildman–Crippen LogP) is 3.42. The summed E-state index contributed by atoms with van der Waals surface area (Å²) in [5.41, 5.74) is 1.68. The van der Waals surface area contributed by atoms with Gasteiger partial charge in [0.1, 0.15) is 5.75 Å². The number of benzene rings is 2. The third-order valence-corrected chi connectivity index (χ3v) is 5.59. The maximum absolute atomic E-state index is 13.2. The Morgan fingerprint density at radius 3 is 2.43 bits per heavy atom. The molecule has 1 aliphatic rings. The first-order chi connectivity index (χ1) is 13.4. The van der Waals surface area contributed by atoms with Gasteiger partial charge < -0.3 is 14.5 Å². The van der Waals surface area contributed by atoms with Crippen LogP contribution in [0.5, 0.6) is 5.75 Å². The van der Waals surface area contributed by atoms with Crippen molar-refractivity contribution in [1.82, 2.24) is 9.80 Å². The molecule has 2 aromatic rings. The van der Waals surface area contributed by atoms with E-state index >= 15 is 0 Å². The fourth-order valence-corrected chi connectivity index (χ4v) is 3.71. The van der Waals surface area contributed by atoms with E-state index in [9.17, 15) is 9.59 Å². The third kappa shape index (κ3) is 4.03. The number of hydrogen-bond acceptors (Lipinski definition) is 3. The van der Waals surface area contributed by atoms with Crippen molar-refractivity contribution in [2.75, 3.05) is 27.2 Å². The number of likely N-dealkylation sites (tertiary alicyclic amines) is 1. The fraction of sp³-hybridized carbons (Fsp3) is 0.391. The van der Waals surface area contributed by atoms with Gasteiger partial charge in [0.15, 0.2) is 0 Å². The number of rotatable bonds is 5. The Morgan fingerprint density at radius 1 is 1.07 bits per heavy atom. The molecule has 1 saturated heterocycles. The van der Waals surface area contributed by atoms with E-state index in [1.54, 1.807) is 16.9 Å². The van der Waals surface area contributed by atoms with Crippen LogP contribution in [0, 0.1) is 5.92 Å². The van der Waals surface area contributed by atoms with Crippen molar-refractivity contribution in [3.05, 3.63) is 65.7 Å². The minimum absolute atomic E-state index is 0.0315. The zero-order valence-electron chi connectivity index (χ0n) is 17.0. The van der Waals surface area contributed by atoms with Crippen molar-refractivity contribution in [2.45, 2.75) is 25.8 Å². The SMILES string of the molecule is COc1cccc(C2CN(C(=O)c3ccccc3)CC2C(=O)N(C)C(C)C)c1. The summed E-state index contributed by atoms with van der Waals surface area (Å²) in [4.78, 5) is 29.8. The molecule has 5 heteroatoms. The van der Waals surface area contributed by atoms with Crippen molar-refractivity contribution >= 4 is 11.8 Å². The Labute approximate surface area is 166 Å². The quantitative estimate of drug-likeness (QED) is 0.799. The molecule has 0 aliphatic carbocycles. The van der Waals surface area contributed by atoms with Crippen molar-refractivity contribution < 1.29 is 14.3 Å². The standard InChI is InChI=1S/C23H28N2O3/c1-16(2)24(3)23(27)21-15-25(22(26)17-9-6-5-7-10-17)14-20(21)18-11-8-12-19(13-18)28-4/h5-13,16,20-21H,14-15H2,1-4H3. The molecule has 2 aromatic carbocycles. The van der Waals surface area contributed by atoms with Crippen LogP contribution in [0.1, 0.15) is 35.7 Å². The zero-order valence-corrected chi connectivity index (χ0v) is 17.0. The molecule has 2 atom stereocenters. The zero-order chi connectivity index (χ0) is 20.3. The number of hydrogen-bond donors (Lipinski definition) is 0. The summed E-state index contributed by atoms with van der Waals surface area (Å²) >= 11 is 0. The molecule has 1 heterocycles. The molecule has 28 heavy (non-hydrogen) atoms. The van der Waals surface area contributed by atoms with Crippen LogP contribution in [0.4, 0.5) is 0 Å². The van der Waals surface area contributed by atoms with Gasteiger partial charge in [-0.05, 0) is 43.7 Å². The van der Waals surface area contributed by atoms with E-state index < -0.39 is 0 Å². The van der Waals surface area contributed by atoms with E-state index in [1.165, 1.54) is 0 Å². The van der Waals surface area contributed by atoms with Gasteiger partial charge in [-0.3, -0.25) is 9.59 Å². The van der Waals surface area contributed by atoms with E-state index in [1.807, 2.05) is 75.5 Å². The molecule has 2 amide bonds. The molecule has 0 radical (unpaired) electrons. The van der Waals surface area contributed by atoms with E-state index in [4.69, 9.17) is 4.74 Å². The van der Waals surface area contributed by atoms with Gasteiger partial charge in [0, 0.05) is 37.7 Å². The summed E-state index contributed by atoms with van der Waals surface area (Å²) in [7, 11) is 3.46. The van der Waals surface area contributed by atoms with Crippen molar-refractivity contribution in [1.29, 1.82) is 0 Å². The first kappa shape index (κ1) is 19.9. The minimum Gasteiger partial charge on any atom is -0.497 e. The van der Waals surface area contributed by atoms with Crippen LogP contribution >= 0.6 is 0 Å². The molecule has 0 spiro atoms. The number of carbonyl (C=O) groups excluding carboxylic acids is 2. The average Bonchev–Trinajstić information content (AvgIpc) is 3.18. The summed E-state index contributed by atoms with van der Waals surface area (Å²) in [6.45, 7) is 4.94. The maximum atomic E-state index is 13.2. The predicted molar refractivity (Wildman–Crippen MR) is 109 cm³/mol. The van der Waals surface area contributed by atoms with E-state index in [0.29, 0.717) is 18.7 Å². The molecular weight excluding hydrogens is 352 g/mol. The second kappa shape index (κ2) is 8.46. The number of ether oxygens (including phenoxy) is 1. The average molecular weight is 380 g/mol. The second-order valence-electron chi connectivity index (χ2n) is 7.61. The van der Waals surface area contributed by atoms with Crippen molar-refractivity contribution in [3.63, 3.8) is 0 Å². The van der Waals surface area contributed by atoms with Crippen LogP contribution in [-0.4, -0.2) is 54.9 Å². The van der Waals surface area contributed by atoms with Crippen LogP contribution in [0.25, 0.3) is 0 Å². The molecule has 5 nitrogen and oxygen atoms in total. The van der Waals surface area contributed by atoms with Crippen LogP contribution in [0.2, 0.25) is 0 Å². The molecule has 148 valence electrons. The Bertz CT molecular complexity index is 835. The molecule has 0 bridgehead atoms. The highest BCUT2D eigenvalue weighted by atomic mass is 16.5. The summed E-state index contributed by atoms with van der Waals surface area (Å²) < 4.78 is 5.36. The van der Waals surface area contributed by atoms with Crippen LogP contribution in [0.15, 0.2) is 54.6 Å². The Morgan fingerprint density at radius 2 is 1.79 bits per heavy atom. The fourth-order valence-electron chi connectivity index (χ4n) is 3.71. The first-order valence-corrected chi connectivity index (χ1v) is 9.67. The van der Waals surface area contributed by atoms with Crippen LogP contribution in [-0.2, 0) is 4.79 Å². The monoisotopic (exact) mass is 380 g/mol. The summed E-state index contributed by atoms with van der Waals surface area (Å²) in [5, 5.41) is 0. The van der Waals surface area contributed by atoms with Gasteiger partial charge >= 0.3 is 0 Å². The van der Waals surface area contributed by atoms with Gasteiger partial charge in [-0.1, -0.05) is 30.3 Å². The van der Waals surface area contributed by atoms with E-state index in [2.05, 4.69) is 0 Å². The third-order valence-electron chi connectivity index (χ3n) is 5.59. The number of nitrogens with zero attached hydrogens (tertiary/aromatic N) is 2. The second-order valence-corrected chi connectivity index (χ2v) is 7.61. The van der Waals surface area contributed by atoms with Crippen LogP contribution < -0.4 is 4.74 Å². The first-order valence-electron chi connectivity index (χ1n) is 9.67. The lowest BCUT2D eigenvalue weighted by atomic mass is 9.87. The molecule has 2 unspecified atom stereocenters. The summed E-state index contributed by atoms with van der Waals surface area (Å²) in [5.74, 6) is 0.472. The van der Waals surface area contributed by atoms with Gasteiger partial charge in [0.25, 0.3) is 5.91 Å². The summed E-state index contributed by atoms with van der Waals surface area (Å²) in [6.07, 6.45) is 0. The maximum Gasteiger partial charge on any atom is 0.253 e. The Balaban J connectivity index is 1.92. The topological polar surface area (TPSA) is 49.9 Å². The largest absolute Gasteiger partial charge is 0.497 e. The molecule has 1 fully saturated rings. The molecule has 1 aliphatic heterocycles. The van der Waals surface area contributed by atoms with E-state index in [0.717, 1.165) is 11.3 Å². The lowest BCUT2D eigenvalue weighted by Gasteiger charge is -2.27. The molecular formula is C23H28N2O3. The highest BCUT2D eigenvalue weighted by molar-refractivity contribution is 5.95. The van der Waals surface area contributed by atoms with Gasteiger partial charge in [-0.15, -0.1) is 0 Å². The summed E-state index contributed by atoms with van der Waals surface area (Å²) in [6, 6.07) is 17.2. The minimum atomic E-state index is -0.271. The highest BCUT2D eigenvalue weighted by Crippen LogP contribution is 2.36. The lowest BCUT2D eigenvalue weighted by Crippen LogP contribution is -2.40. The lowest BCUT2D eigenvalue weighted by molar-refractivity contribution is -0.135. The normalized spacial score (nSPS) is 19.0. The molecule has 0 N–H and O–H groups in total. The Kier molecular flexibility index (Phi) is 6.02. The molecule has 3 rings (SSSR count). The van der Waals surface area contributed by atoms with Gasteiger partial charge in [0.05, 0.1) is 13.0 Å². The van der Waals surface area contributed by atoms with Gasteiger partial charge in [0.2, 0.25) is 5.91 Å². The molecule has 0 aromatic heterocycles.